The lowest BCUT2D eigenvalue weighted by Crippen LogP contribution is -2.20. The van der Waals surface area contributed by atoms with Crippen molar-refractivity contribution in [3.63, 3.8) is 0 Å². The van der Waals surface area contributed by atoms with E-state index in [2.05, 4.69) is 13.8 Å². The lowest BCUT2D eigenvalue weighted by molar-refractivity contribution is -0.194. The van der Waals surface area contributed by atoms with Gasteiger partial charge in [-0.2, -0.15) is 0 Å². The fraction of sp³-hybridized carbons (Fsp3) is 0.571. The molecule has 0 saturated heterocycles. The molecule has 0 N–H and O–H groups in total. The van der Waals surface area contributed by atoms with Crippen LogP contribution < -0.4 is 10.2 Å². The molecule has 0 aliphatic carbocycles. The maximum Gasteiger partial charge on any atom is 0.165 e. The van der Waals surface area contributed by atoms with Gasteiger partial charge in [0.2, 0.25) is 0 Å². The highest BCUT2D eigenvalue weighted by atomic mass is 31.2. The Hall–Kier alpha value is -0.630. The van der Waals surface area contributed by atoms with Crippen LogP contribution in [0.15, 0.2) is 30.3 Å². The zero-order valence-electron chi connectivity index (χ0n) is 11.2. The van der Waals surface area contributed by atoms with Gasteiger partial charge < -0.3 is 14.0 Å². The Kier molecular flexibility index (Phi) is 6.62. The molecule has 2 atom stereocenters. The lowest BCUT2D eigenvalue weighted by atomic mass is 10.0. The Bertz CT molecular complexity index is 378. The molecule has 0 aromatic heterocycles. The molecular weight excluding hydrogens is 247 g/mol. The van der Waals surface area contributed by atoms with Crippen molar-refractivity contribution in [2.75, 3.05) is 6.61 Å². The molecule has 1 rings (SSSR count). The van der Waals surface area contributed by atoms with E-state index < -0.39 is 7.60 Å². The molecule has 3 nitrogen and oxygen atoms in total. The molecule has 0 radical (unpaired) electrons. The summed E-state index contributed by atoms with van der Waals surface area (Å²) in [5.74, 6) is 0.330. The average molecular weight is 269 g/mol. The van der Waals surface area contributed by atoms with Crippen LogP contribution >= 0.6 is 7.60 Å². The van der Waals surface area contributed by atoms with Crippen LogP contribution in [-0.2, 0) is 9.09 Å². The van der Waals surface area contributed by atoms with E-state index in [1.807, 2.05) is 0 Å². The van der Waals surface area contributed by atoms with Gasteiger partial charge in [0.05, 0.1) is 6.61 Å². The van der Waals surface area contributed by atoms with Gasteiger partial charge in [0.1, 0.15) is 0 Å². The average Bonchev–Trinajstić information content (AvgIpc) is 2.40. The molecule has 0 aliphatic rings. The predicted octanol–water partition coefficient (Wildman–Crippen LogP) is 3.10. The smallest absolute Gasteiger partial charge is 0.165 e. The van der Waals surface area contributed by atoms with E-state index in [0.29, 0.717) is 12.5 Å². The third-order valence-corrected chi connectivity index (χ3v) is 4.52. The third-order valence-electron chi connectivity index (χ3n) is 3.10. The Morgan fingerprint density at radius 3 is 2.50 bits per heavy atom. The summed E-state index contributed by atoms with van der Waals surface area (Å²) in [5, 5.41) is 0.260. The van der Waals surface area contributed by atoms with E-state index in [4.69, 9.17) is 4.52 Å². The standard InChI is InChI=1S/C14H23O3P/c1-3-5-9-13(4-2)12-17-18(15,16)14-10-7-6-8-11-14/h6-8,10-11,13H,3-5,9,12H2,1-2H3,(H,15,16)/p-1. The molecule has 1 aromatic carbocycles. The van der Waals surface area contributed by atoms with Crippen LogP contribution in [-0.4, -0.2) is 6.61 Å². The largest absolute Gasteiger partial charge is 0.775 e. The first-order valence-electron chi connectivity index (χ1n) is 6.61. The van der Waals surface area contributed by atoms with Crippen LogP contribution in [0.25, 0.3) is 0 Å². The van der Waals surface area contributed by atoms with Crippen molar-refractivity contribution in [1.29, 1.82) is 0 Å². The summed E-state index contributed by atoms with van der Waals surface area (Å²) < 4.78 is 17.1. The van der Waals surface area contributed by atoms with Gasteiger partial charge >= 0.3 is 0 Å². The van der Waals surface area contributed by atoms with Gasteiger partial charge in [-0.1, -0.05) is 63.4 Å². The first-order chi connectivity index (χ1) is 8.60. The first-order valence-corrected chi connectivity index (χ1v) is 8.15. The van der Waals surface area contributed by atoms with Gasteiger partial charge in [-0.3, -0.25) is 0 Å². The zero-order valence-corrected chi connectivity index (χ0v) is 12.1. The van der Waals surface area contributed by atoms with Crippen molar-refractivity contribution < 1.29 is 14.0 Å². The second-order valence-electron chi connectivity index (χ2n) is 4.55. The summed E-state index contributed by atoms with van der Waals surface area (Å²) in [7, 11) is -3.89. The number of rotatable bonds is 8. The van der Waals surface area contributed by atoms with E-state index in [-0.39, 0.29) is 5.30 Å². The number of hydrogen-bond acceptors (Lipinski definition) is 3. The number of hydrogen-bond donors (Lipinski definition) is 0. The minimum Gasteiger partial charge on any atom is -0.775 e. The number of benzene rings is 1. The van der Waals surface area contributed by atoms with Gasteiger partial charge in [0, 0.05) is 5.30 Å². The summed E-state index contributed by atoms with van der Waals surface area (Å²) in [6, 6.07) is 8.34. The summed E-state index contributed by atoms with van der Waals surface area (Å²) in [5.41, 5.74) is 0. The molecule has 102 valence electrons. The molecule has 4 heteroatoms. The molecule has 0 aliphatic heterocycles. The molecule has 0 bridgehead atoms. The SMILES string of the molecule is CCCCC(CC)COP(=O)([O-])c1ccccc1. The first kappa shape index (κ1) is 15.4. The second-order valence-corrected chi connectivity index (χ2v) is 6.31. The molecule has 2 unspecified atom stereocenters. The van der Waals surface area contributed by atoms with Gasteiger partial charge in [0.25, 0.3) is 0 Å². The van der Waals surface area contributed by atoms with E-state index in [9.17, 15) is 9.46 Å². The Balaban J connectivity index is 2.53. The van der Waals surface area contributed by atoms with Gasteiger partial charge in [-0.15, -0.1) is 0 Å². The van der Waals surface area contributed by atoms with Crippen molar-refractivity contribution >= 4 is 12.9 Å². The Morgan fingerprint density at radius 1 is 1.28 bits per heavy atom. The van der Waals surface area contributed by atoms with E-state index in [1.165, 1.54) is 0 Å². The fourth-order valence-corrected chi connectivity index (χ4v) is 2.88. The van der Waals surface area contributed by atoms with Crippen LogP contribution in [0.5, 0.6) is 0 Å². The Labute approximate surface area is 110 Å². The fourth-order valence-electron chi connectivity index (χ4n) is 1.79. The van der Waals surface area contributed by atoms with E-state index >= 15 is 0 Å². The van der Waals surface area contributed by atoms with Crippen molar-refractivity contribution in [2.45, 2.75) is 39.5 Å². The predicted molar refractivity (Wildman–Crippen MR) is 72.9 cm³/mol. The van der Waals surface area contributed by atoms with Crippen LogP contribution in [0.2, 0.25) is 0 Å². The Morgan fingerprint density at radius 2 is 1.94 bits per heavy atom. The van der Waals surface area contributed by atoms with Crippen molar-refractivity contribution in [2.24, 2.45) is 5.92 Å². The molecule has 0 heterocycles. The highest BCUT2D eigenvalue weighted by Gasteiger charge is 2.14. The highest BCUT2D eigenvalue weighted by molar-refractivity contribution is 7.59. The highest BCUT2D eigenvalue weighted by Crippen LogP contribution is 2.36. The monoisotopic (exact) mass is 269 g/mol. The third kappa shape index (κ3) is 4.93. The molecule has 0 fully saturated rings. The molecule has 0 saturated carbocycles. The minimum atomic E-state index is -3.89. The van der Waals surface area contributed by atoms with Crippen LogP contribution in [0.3, 0.4) is 0 Å². The molecule has 0 spiro atoms. The van der Waals surface area contributed by atoms with Gasteiger partial charge in [-0.25, -0.2) is 0 Å². The minimum absolute atomic E-state index is 0.260. The molecule has 18 heavy (non-hydrogen) atoms. The number of unbranched alkanes of at least 4 members (excludes halogenated alkanes) is 1. The van der Waals surface area contributed by atoms with E-state index in [1.54, 1.807) is 30.3 Å². The van der Waals surface area contributed by atoms with E-state index in [0.717, 1.165) is 25.7 Å². The topological polar surface area (TPSA) is 49.4 Å². The van der Waals surface area contributed by atoms with Crippen LogP contribution in [0, 0.1) is 5.92 Å². The second kappa shape index (κ2) is 7.73. The summed E-state index contributed by atoms with van der Waals surface area (Å²) in [6.45, 7) is 4.50. The quantitative estimate of drug-likeness (QED) is 0.681. The zero-order chi connectivity index (χ0) is 13.4. The van der Waals surface area contributed by atoms with Crippen molar-refractivity contribution in [3.05, 3.63) is 30.3 Å². The van der Waals surface area contributed by atoms with Gasteiger partial charge in [0.15, 0.2) is 7.60 Å². The maximum atomic E-state index is 11.9. The molecule has 1 aromatic rings. The summed E-state index contributed by atoms with van der Waals surface area (Å²) in [6.07, 6.45) is 4.23. The van der Waals surface area contributed by atoms with Gasteiger partial charge in [-0.05, 0) is 12.3 Å². The summed E-state index contributed by atoms with van der Waals surface area (Å²) >= 11 is 0. The normalized spacial score (nSPS) is 16.2. The van der Waals surface area contributed by atoms with Crippen LogP contribution in [0.1, 0.15) is 39.5 Å². The van der Waals surface area contributed by atoms with Crippen molar-refractivity contribution in [3.8, 4) is 0 Å². The molecular formula is C14H22O3P-. The van der Waals surface area contributed by atoms with Crippen LogP contribution in [0.4, 0.5) is 0 Å². The molecule has 0 amide bonds. The van der Waals surface area contributed by atoms with Crippen molar-refractivity contribution in [1.82, 2.24) is 0 Å². The maximum absolute atomic E-state index is 11.9. The lowest BCUT2D eigenvalue weighted by Gasteiger charge is -2.26. The summed E-state index contributed by atoms with van der Waals surface area (Å²) in [4.78, 5) is 11.9.